The summed E-state index contributed by atoms with van der Waals surface area (Å²) in [6.45, 7) is 3.74. The van der Waals surface area contributed by atoms with Crippen molar-refractivity contribution in [3.63, 3.8) is 0 Å². The quantitative estimate of drug-likeness (QED) is 0.796. The minimum atomic E-state index is -0.250. The molecule has 0 radical (unpaired) electrons. The van der Waals surface area contributed by atoms with E-state index in [1.807, 2.05) is 23.7 Å². The highest BCUT2D eigenvalue weighted by atomic mass is 32.2. The van der Waals surface area contributed by atoms with Crippen LogP contribution in [-0.2, 0) is 9.59 Å². The van der Waals surface area contributed by atoms with Gasteiger partial charge in [-0.3, -0.25) is 9.59 Å². The molecule has 4 nitrogen and oxygen atoms in total. The Hall–Kier alpha value is -0.360. The SMILES string of the molecule is CCS[C@@H]1CC[C@H](N(C)C(=O)[C@H]2CSCN2C(C)=O)C1. The molecule has 20 heavy (non-hydrogen) atoms. The molecule has 1 saturated carbocycles. The van der Waals surface area contributed by atoms with Crippen LogP contribution in [0.15, 0.2) is 0 Å². The van der Waals surface area contributed by atoms with Crippen LogP contribution in [0.25, 0.3) is 0 Å². The Morgan fingerprint density at radius 1 is 1.40 bits per heavy atom. The lowest BCUT2D eigenvalue weighted by atomic mass is 10.2. The Kier molecular flexibility index (Phi) is 5.66. The van der Waals surface area contributed by atoms with Gasteiger partial charge in [-0.05, 0) is 25.0 Å². The van der Waals surface area contributed by atoms with E-state index in [1.165, 1.54) is 6.42 Å². The standard InChI is InChI=1S/C14H24N2O2S2/c1-4-20-12-6-5-11(7-12)15(3)14(18)13-8-19-9-16(13)10(2)17/h11-13H,4-9H2,1-3H3/t11-,12+,13+/m0/s1. The topological polar surface area (TPSA) is 40.6 Å². The van der Waals surface area contributed by atoms with Crippen molar-refractivity contribution in [3.05, 3.63) is 0 Å². The number of hydrogen-bond donors (Lipinski definition) is 0. The van der Waals surface area contributed by atoms with Gasteiger partial charge in [0.1, 0.15) is 6.04 Å². The fraction of sp³-hybridized carbons (Fsp3) is 0.857. The fourth-order valence-corrected chi connectivity index (χ4v) is 5.37. The summed E-state index contributed by atoms with van der Waals surface area (Å²) < 4.78 is 0. The highest BCUT2D eigenvalue weighted by molar-refractivity contribution is 8.00. The molecule has 6 heteroatoms. The largest absolute Gasteiger partial charge is 0.341 e. The number of carbonyl (C=O) groups is 2. The van der Waals surface area contributed by atoms with Gasteiger partial charge in [-0.2, -0.15) is 11.8 Å². The number of carbonyl (C=O) groups excluding carboxylic acids is 2. The third kappa shape index (κ3) is 3.45. The lowest BCUT2D eigenvalue weighted by molar-refractivity contribution is -0.142. The van der Waals surface area contributed by atoms with Gasteiger partial charge in [0.05, 0.1) is 5.88 Å². The molecule has 0 aromatic heterocycles. The molecule has 3 atom stereocenters. The summed E-state index contributed by atoms with van der Waals surface area (Å²) in [5.41, 5.74) is 0. The van der Waals surface area contributed by atoms with Gasteiger partial charge in [-0.1, -0.05) is 6.92 Å². The monoisotopic (exact) mass is 316 g/mol. The van der Waals surface area contributed by atoms with E-state index in [9.17, 15) is 9.59 Å². The van der Waals surface area contributed by atoms with Crippen molar-refractivity contribution in [3.8, 4) is 0 Å². The minimum Gasteiger partial charge on any atom is -0.341 e. The maximum atomic E-state index is 12.6. The molecule has 0 aromatic rings. The molecule has 0 bridgehead atoms. The molecule has 1 aliphatic carbocycles. The van der Waals surface area contributed by atoms with Crippen LogP contribution in [0.1, 0.15) is 33.1 Å². The lowest BCUT2D eigenvalue weighted by Crippen LogP contribution is -2.49. The van der Waals surface area contributed by atoms with Gasteiger partial charge < -0.3 is 9.80 Å². The fourth-order valence-electron chi connectivity index (χ4n) is 3.03. The predicted molar refractivity (Wildman–Crippen MR) is 86.0 cm³/mol. The van der Waals surface area contributed by atoms with Crippen LogP contribution in [0.3, 0.4) is 0 Å². The minimum absolute atomic E-state index is 0.00703. The molecule has 2 rings (SSSR count). The summed E-state index contributed by atoms with van der Waals surface area (Å²) in [6, 6.07) is 0.103. The first-order chi connectivity index (χ1) is 9.54. The molecule has 0 N–H and O–H groups in total. The summed E-state index contributed by atoms with van der Waals surface area (Å²) in [6.07, 6.45) is 3.40. The van der Waals surface area contributed by atoms with Gasteiger partial charge in [0.15, 0.2) is 0 Å². The number of likely N-dealkylation sites (N-methyl/N-ethyl adjacent to an activating group) is 1. The van der Waals surface area contributed by atoms with Crippen molar-refractivity contribution in [2.24, 2.45) is 0 Å². The Labute approximate surface area is 130 Å². The second-order valence-electron chi connectivity index (χ2n) is 5.50. The first-order valence-electron chi connectivity index (χ1n) is 7.27. The number of nitrogens with zero attached hydrogens (tertiary/aromatic N) is 2. The molecule has 1 heterocycles. The Bertz CT molecular complexity index is 378. The molecule has 0 spiro atoms. The molecule has 2 aliphatic rings. The smallest absolute Gasteiger partial charge is 0.246 e. The van der Waals surface area contributed by atoms with E-state index >= 15 is 0 Å². The number of hydrogen-bond acceptors (Lipinski definition) is 4. The zero-order valence-electron chi connectivity index (χ0n) is 12.5. The van der Waals surface area contributed by atoms with Gasteiger partial charge in [-0.25, -0.2) is 0 Å². The molecule has 1 saturated heterocycles. The second kappa shape index (κ2) is 7.07. The molecular formula is C14H24N2O2S2. The molecule has 1 aliphatic heterocycles. The molecular weight excluding hydrogens is 292 g/mol. The summed E-state index contributed by atoms with van der Waals surface area (Å²) in [4.78, 5) is 27.8. The van der Waals surface area contributed by atoms with Crippen LogP contribution >= 0.6 is 23.5 Å². The van der Waals surface area contributed by atoms with Gasteiger partial charge in [0.2, 0.25) is 11.8 Å². The normalized spacial score (nSPS) is 29.8. The lowest BCUT2D eigenvalue weighted by Gasteiger charge is -2.30. The summed E-state index contributed by atoms with van der Waals surface area (Å²) in [5.74, 6) is 2.66. The van der Waals surface area contributed by atoms with E-state index in [2.05, 4.69) is 6.92 Å². The van der Waals surface area contributed by atoms with Crippen LogP contribution in [0.2, 0.25) is 0 Å². The Morgan fingerprint density at radius 2 is 2.15 bits per heavy atom. The van der Waals surface area contributed by atoms with Gasteiger partial charge >= 0.3 is 0 Å². The van der Waals surface area contributed by atoms with Crippen molar-refractivity contribution in [1.29, 1.82) is 0 Å². The van der Waals surface area contributed by atoms with Crippen molar-refractivity contribution in [2.45, 2.75) is 50.4 Å². The van der Waals surface area contributed by atoms with Crippen molar-refractivity contribution < 1.29 is 9.59 Å². The Balaban J connectivity index is 1.93. The van der Waals surface area contributed by atoms with Gasteiger partial charge in [-0.15, -0.1) is 11.8 Å². The van der Waals surface area contributed by atoms with Crippen LogP contribution in [0.5, 0.6) is 0 Å². The van der Waals surface area contributed by atoms with Crippen LogP contribution in [-0.4, -0.2) is 63.4 Å². The van der Waals surface area contributed by atoms with E-state index in [0.717, 1.165) is 24.3 Å². The first-order valence-corrected chi connectivity index (χ1v) is 9.48. The summed E-state index contributed by atoms with van der Waals surface area (Å²) in [5, 5.41) is 0.696. The average Bonchev–Trinajstić information content (AvgIpc) is 3.06. The number of thioether (sulfide) groups is 2. The third-order valence-corrected chi connectivity index (χ3v) is 6.47. The van der Waals surface area contributed by atoms with E-state index < -0.39 is 0 Å². The average molecular weight is 316 g/mol. The first kappa shape index (κ1) is 16.0. The molecule has 0 unspecified atom stereocenters. The van der Waals surface area contributed by atoms with Gasteiger partial charge in [0.25, 0.3) is 0 Å². The number of amides is 2. The Morgan fingerprint density at radius 3 is 2.80 bits per heavy atom. The zero-order valence-corrected chi connectivity index (χ0v) is 14.1. The van der Waals surface area contributed by atoms with Crippen molar-refractivity contribution in [2.75, 3.05) is 24.4 Å². The second-order valence-corrected chi connectivity index (χ2v) is 8.07. The third-order valence-electron chi connectivity index (χ3n) is 4.23. The highest BCUT2D eigenvalue weighted by Crippen LogP contribution is 2.33. The number of rotatable bonds is 4. The maximum absolute atomic E-state index is 12.6. The van der Waals surface area contributed by atoms with Crippen molar-refractivity contribution in [1.82, 2.24) is 9.80 Å². The maximum Gasteiger partial charge on any atom is 0.246 e. The van der Waals surface area contributed by atoms with Crippen LogP contribution < -0.4 is 0 Å². The zero-order chi connectivity index (χ0) is 14.7. The van der Waals surface area contributed by atoms with Crippen molar-refractivity contribution >= 4 is 35.3 Å². The molecule has 2 amide bonds. The molecule has 114 valence electrons. The van der Waals surface area contributed by atoms with E-state index in [1.54, 1.807) is 23.6 Å². The van der Waals surface area contributed by atoms with Crippen LogP contribution in [0.4, 0.5) is 0 Å². The predicted octanol–water partition coefficient (Wildman–Crippen LogP) is 2.04. The molecule has 2 fully saturated rings. The molecule has 0 aromatic carbocycles. The van der Waals surface area contributed by atoms with Crippen LogP contribution in [0, 0.1) is 0 Å². The van der Waals surface area contributed by atoms with E-state index in [0.29, 0.717) is 17.2 Å². The summed E-state index contributed by atoms with van der Waals surface area (Å²) in [7, 11) is 1.91. The van der Waals surface area contributed by atoms with E-state index in [4.69, 9.17) is 0 Å². The highest BCUT2D eigenvalue weighted by Gasteiger charge is 2.38. The van der Waals surface area contributed by atoms with E-state index in [-0.39, 0.29) is 17.9 Å². The summed E-state index contributed by atoms with van der Waals surface area (Å²) >= 11 is 3.67. The van der Waals surface area contributed by atoms with Gasteiger partial charge in [0, 0.05) is 31.0 Å².